The molecule has 0 heterocycles. The molecule has 0 saturated heterocycles. The molecule has 0 bridgehead atoms. The molecule has 0 aliphatic heterocycles. The first kappa shape index (κ1) is 10.7. The molecule has 0 spiro atoms. The molecule has 0 aromatic heterocycles. The highest BCUT2D eigenvalue weighted by Crippen LogP contribution is 2.46. The Labute approximate surface area is 95.3 Å². The van der Waals surface area contributed by atoms with Gasteiger partial charge in [0.25, 0.3) is 0 Å². The highest BCUT2D eigenvalue weighted by atomic mass is 32.2. The van der Waals surface area contributed by atoms with Gasteiger partial charge in [0.05, 0.1) is 0 Å². The summed E-state index contributed by atoms with van der Waals surface area (Å²) >= 11 is 1.89. The largest absolute Gasteiger partial charge is 0.294 e. The highest BCUT2D eigenvalue weighted by molar-refractivity contribution is 8.00. The first-order chi connectivity index (χ1) is 6.97. The molecule has 0 fully saturated rings. The van der Waals surface area contributed by atoms with Crippen molar-refractivity contribution in [3.63, 3.8) is 0 Å². The third-order valence-corrected chi connectivity index (χ3v) is 3.89. The van der Waals surface area contributed by atoms with Crippen molar-refractivity contribution >= 4 is 17.5 Å². The second-order valence-corrected chi connectivity index (χ2v) is 6.96. The van der Waals surface area contributed by atoms with Gasteiger partial charge in [0.2, 0.25) is 0 Å². The lowest BCUT2D eigenvalue weighted by molar-refractivity contribution is 0.0994. The van der Waals surface area contributed by atoms with Crippen LogP contribution in [-0.2, 0) is 0 Å². The smallest absolute Gasteiger partial charge is 0.164 e. The first-order valence-electron chi connectivity index (χ1n) is 5.27. The number of carbonyl (C=O) groups is 1. The minimum atomic E-state index is 0.211. The average Bonchev–Trinajstić information content (AvgIpc) is 2.42. The predicted molar refractivity (Wildman–Crippen MR) is 65.5 cm³/mol. The molecule has 80 valence electrons. The lowest BCUT2D eigenvalue weighted by Crippen LogP contribution is -2.10. The van der Waals surface area contributed by atoms with Crippen LogP contribution in [0.5, 0.6) is 0 Å². The number of fused-ring (bicyclic) bond motifs is 1. The Morgan fingerprint density at radius 1 is 1.27 bits per heavy atom. The highest BCUT2D eigenvalue weighted by Gasteiger charge is 2.31. The minimum absolute atomic E-state index is 0.211. The Morgan fingerprint density at radius 3 is 2.60 bits per heavy atom. The van der Waals surface area contributed by atoms with E-state index in [2.05, 4.69) is 26.8 Å². The fourth-order valence-electron chi connectivity index (χ4n) is 1.95. The maximum absolute atomic E-state index is 11.7. The topological polar surface area (TPSA) is 17.1 Å². The van der Waals surface area contributed by atoms with E-state index in [0.717, 1.165) is 5.56 Å². The summed E-state index contributed by atoms with van der Waals surface area (Å²) in [5.74, 6) is 0.298. The summed E-state index contributed by atoms with van der Waals surface area (Å²) in [5, 5.41) is 0.355. The second-order valence-electron chi connectivity index (χ2n) is 4.93. The summed E-state index contributed by atoms with van der Waals surface area (Å²) in [7, 11) is 0. The number of benzene rings is 1. The molecule has 1 aliphatic carbocycles. The van der Waals surface area contributed by atoms with Crippen molar-refractivity contribution in [2.24, 2.45) is 0 Å². The Balaban J connectivity index is 2.29. The van der Waals surface area contributed by atoms with Crippen LogP contribution in [0.15, 0.2) is 24.3 Å². The van der Waals surface area contributed by atoms with Crippen LogP contribution in [0.25, 0.3) is 0 Å². The number of Topliss-reactive ketones (excluding diaryl/α,β-unsaturated/α-hetero) is 1. The molecule has 1 aliphatic rings. The summed E-state index contributed by atoms with van der Waals surface area (Å²) in [4.78, 5) is 11.7. The number of rotatable bonds is 1. The van der Waals surface area contributed by atoms with Gasteiger partial charge in [-0.25, -0.2) is 0 Å². The maximum Gasteiger partial charge on any atom is 0.164 e. The molecule has 2 heteroatoms. The van der Waals surface area contributed by atoms with E-state index in [-0.39, 0.29) is 4.75 Å². The van der Waals surface area contributed by atoms with E-state index in [1.54, 1.807) is 0 Å². The lowest BCUT2D eigenvalue weighted by Gasteiger charge is -2.22. The third-order valence-electron chi connectivity index (χ3n) is 2.47. The average molecular weight is 220 g/mol. The number of carbonyl (C=O) groups excluding carboxylic acids is 1. The van der Waals surface area contributed by atoms with Gasteiger partial charge >= 0.3 is 0 Å². The van der Waals surface area contributed by atoms with Gasteiger partial charge in [-0.2, -0.15) is 0 Å². The van der Waals surface area contributed by atoms with Gasteiger partial charge in [-0.05, 0) is 5.56 Å². The van der Waals surface area contributed by atoms with Crippen molar-refractivity contribution < 1.29 is 4.79 Å². The summed E-state index contributed by atoms with van der Waals surface area (Å²) in [5.41, 5.74) is 2.15. The van der Waals surface area contributed by atoms with Gasteiger partial charge in [0, 0.05) is 22.0 Å². The van der Waals surface area contributed by atoms with Crippen LogP contribution in [0, 0.1) is 0 Å². The number of thioether (sulfide) groups is 1. The van der Waals surface area contributed by atoms with Crippen LogP contribution >= 0.6 is 11.8 Å². The normalized spacial score (nSPS) is 20.5. The standard InChI is InChI=1S/C13H16OS/c1-13(2,3)15-12-8-11(14)9-6-4-5-7-10(9)12/h4-7,12H,8H2,1-3H3/t12-/m1/s1. The SMILES string of the molecule is CC(C)(C)S[C@@H]1CC(=O)c2ccccc21. The monoisotopic (exact) mass is 220 g/mol. The molecule has 1 nitrogen and oxygen atoms in total. The van der Waals surface area contributed by atoms with Gasteiger partial charge in [-0.3, -0.25) is 4.79 Å². The van der Waals surface area contributed by atoms with Crippen LogP contribution in [0.1, 0.15) is 48.4 Å². The van der Waals surface area contributed by atoms with E-state index < -0.39 is 0 Å². The Kier molecular flexibility index (Phi) is 2.63. The summed E-state index contributed by atoms with van der Waals surface area (Å²) in [6, 6.07) is 8.00. The van der Waals surface area contributed by atoms with Gasteiger partial charge in [-0.1, -0.05) is 45.0 Å². The number of hydrogen-bond donors (Lipinski definition) is 0. The Hall–Kier alpha value is -0.760. The molecule has 15 heavy (non-hydrogen) atoms. The van der Waals surface area contributed by atoms with Crippen molar-refractivity contribution in [3.8, 4) is 0 Å². The fourth-order valence-corrected chi connectivity index (χ4v) is 3.37. The third kappa shape index (κ3) is 2.25. The molecule has 1 aromatic rings. The zero-order valence-electron chi connectivity index (χ0n) is 9.41. The molecule has 0 radical (unpaired) electrons. The van der Waals surface area contributed by atoms with Crippen molar-refractivity contribution in [1.82, 2.24) is 0 Å². The zero-order chi connectivity index (χ0) is 11.1. The van der Waals surface area contributed by atoms with E-state index >= 15 is 0 Å². The van der Waals surface area contributed by atoms with Gasteiger partial charge in [0.1, 0.15) is 0 Å². The molecule has 0 unspecified atom stereocenters. The molecule has 2 rings (SSSR count). The van der Waals surface area contributed by atoms with E-state index in [9.17, 15) is 4.79 Å². The molecule has 0 N–H and O–H groups in total. The summed E-state index contributed by atoms with van der Waals surface area (Å²) in [6.07, 6.45) is 0.668. The lowest BCUT2D eigenvalue weighted by atomic mass is 10.1. The van der Waals surface area contributed by atoms with Crippen LogP contribution in [-0.4, -0.2) is 10.5 Å². The van der Waals surface area contributed by atoms with Crippen LogP contribution in [0.4, 0.5) is 0 Å². The summed E-state index contributed by atoms with van der Waals surface area (Å²) in [6.45, 7) is 6.59. The maximum atomic E-state index is 11.7. The van der Waals surface area contributed by atoms with Gasteiger partial charge in [-0.15, -0.1) is 11.8 Å². The van der Waals surface area contributed by atoms with E-state index in [1.807, 2.05) is 30.0 Å². The summed E-state index contributed by atoms with van der Waals surface area (Å²) < 4.78 is 0.211. The zero-order valence-corrected chi connectivity index (χ0v) is 10.2. The first-order valence-corrected chi connectivity index (χ1v) is 6.15. The quantitative estimate of drug-likeness (QED) is 0.715. The molecule has 1 aromatic carbocycles. The Morgan fingerprint density at radius 2 is 1.93 bits per heavy atom. The van der Waals surface area contributed by atoms with E-state index in [0.29, 0.717) is 17.5 Å². The van der Waals surface area contributed by atoms with E-state index in [4.69, 9.17) is 0 Å². The molecule has 0 amide bonds. The van der Waals surface area contributed by atoms with Crippen LogP contribution < -0.4 is 0 Å². The Bertz CT molecular complexity index is 390. The minimum Gasteiger partial charge on any atom is -0.294 e. The van der Waals surface area contributed by atoms with Crippen molar-refractivity contribution in [2.75, 3.05) is 0 Å². The molecular weight excluding hydrogens is 204 g/mol. The van der Waals surface area contributed by atoms with Crippen molar-refractivity contribution in [3.05, 3.63) is 35.4 Å². The van der Waals surface area contributed by atoms with E-state index in [1.165, 1.54) is 5.56 Å². The fraction of sp³-hybridized carbons (Fsp3) is 0.462. The van der Waals surface area contributed by atoms with Crippen LogP contribution in [0.3, 0.4) is 0 Å². The molecular formula is C13H16OS. The predicted octanol–water partition coefficient (Wildman–Crippen LogP) is 3.85. The second kappa shape index (κ2) is 3.67. The molecule has 0 saturated carbocycles. The van der Waals surface area contributed by atoms with Crippen molar-refractivity contribution in [2.45, 2.75) is 37.2 Å². The number of hydrogen-bond acceptors (Lipinski definition) is 2. The number of ketones is 1. The van der Waals surface area contributed by atoms with Gasteiger partial charge in [0.15, 0.2) is 5.78 Å². The van der Waals surface area contributed by atoms with Crippen molar-refractivity contribution in [1.29, 1.82) is 0 Å². The van der Waals surface area contributed by atoms with Gasteiger partial charge < -0.3 is 0 Å². The van der Waals surface area contributed by atoms with Crippen LogP contribution in [0.2, 0.25) is 0 Å². The molecule has 1 atom stereocenters.